The lowest BCUT2D eigenvalue weighted by atomic mass is 9.85. The van der Waals surface area contributed by atoms with Gasteiger partial charge in [0, 0.05) is 59.2 Å². The van der Waals surface area contributed by atoms with Gasteiger partial charge in [-0.2, -0.15) is 0 Å². The fourth-order valence-electron chi connectivity index (χ4n) is 14.3. The number of likely N-dealkylation sites (N-methyl/N-ethyl adjacent to an activating group) is 3. The van der Waals surface area contributed by atoms with E-state index in [1.807, 2.05) is 84.9 Å². The van der Waals surface area contributed by atoms with Crippen molar-refractivity contribution < 1.29 is 62.5 Å². The van der Waals surface area contributed by atoms with Crippen molar-refractivity contribution in [3.8, 4) is 11.5 Å². The Morgan fingerprint density at radius 1 is 0.584 bits per heavy atom. The standard InChI is InChI=1S/C82H102N18O13/c1-47(84-9)70(101)90-68(80(3,4)5)77(108)97-43-59-39-66(97)74(105)86-63(38-52-22-28-54-18-14-16-20-56(54)34-52)73(104)89-65(79(110)111)36-50-25-31-61(32-26-50)113-45-58-42-100(95-93-58)82(83)40-67(98(46-82)78(109)69(81(6,7)8)91-71(102)48(2)85-10)75(106)87-62(37-51-21-27-53-17-13-15-19-55(53)33-51)72(103)88-64(76(107)96(11)12)35-49-23-29-60(30-24-49)112-44-57-41-99(59)94-92-57/h13-34,41-42,47-48,59,62-69,84-85H,35-40,43-46,83H2,1-12H3,(H,86,105)(H,87,106)(H,88,103)(H,89,104)(H,90,101)(H,91,102)(H,110,111)/t47-,48-,59-,62-,63-,64-,65-,66-,67-,68+,69+,82-/m0/s1. The Kier molecular flexibility index (Phi) is 25.4. The molecule has 6 aromatic carbocycles. The zero-order valence-electron chi connectivity index (χ0n) is 65.7. The molecule has 0 spiro atoms. The van der Waals surface area contributed by atoms with Gasteiger partial charge in [0.05, 0.1) is 37.1 Å². The minimum atomic E-state index is -1.65. The van der Waals surface area contributed by atoms with Gasteiger partial charge in [0.1, 0.15) is 90.1 Å². The average molecular weight is 1550 g/mol. The van der Waals surface area contributed by atoms with Gasteiger partial charge in [-0.05, 0) is 107 Å². The summed E-state index contributed by atoms with van der Waals surface area (Å²) in [6.07, 6.45) is 2.45. The zero-order chi connectivity index (χ0) is 81.4. The molecule has 11 N–H and O–H groups in total. The number of aliphatic carboxylic acids is 1. The first kappa shape index (κ1) is 82.3. The lowest BCUT2D eigenvalue weighted by Crippen LogP contribution is -2.61. The van der Waals surface area contributed by atoms with Crippen molar-refractivity contribution in [2.45, 2.75) is 179 Å². The van der Waals surface area contributed by atoms with Crippen LogP contribution in [0.2, 0.25) is 0 Å². The van der Waals surface area contributed by atoms with Crippen molar-refractivity contribution in [1.29, 1.82) is 0 Å². The van der Waals surface area contributed by atoms with Gasteiger partial charge in [0.15, 0.2) is 0 Å². The molecule has 2 fully saturated rings. The first-order valence-electron chi connectivity index (χ1n) is 37.9. The monoisotopic (exact) mass is 1550 g/mol. The molecular formula is C82H102N18O13. The minimum absolute atomic E-state index is 0.0146. The Balaban J connectivity index is 0.941. The quantitative estimate of drug-likeness (QED) is 0.0746. The van der Waals surface area contributed by atoms with Gasteiger partial charge in [0.25, 0.3) is 0 Å². The number of nitrogens with zero attached hydrogens (tertiary/aromatic N) is 9. The van der Waals surface area contributed by atoms with Crippen LogP contribution in [0.4, 0.5) is 0 Å². The number of fused-ring (bicyclic) bond motifs is 2. The summed E-state index contributed by atoms with van der Waals surface area (Å²) in [4.78, 5) is 151. The van der Waals surface area contributed by atoms with E-state index in [0.717, 1.165) is 21.5 Å². The van der Waals surface area contributed by atoms with E-state index in [2.05, 4.69) is 63.2 Å². The van der Waals surface area contributed by atoms with Crippen molar-refractivity contribution in [1.82, 2.24) is 87.2 Å². The molecule has 0 radical (unpaired) electrons. The van der Waals surface area contributed by atoms with Gasteiger partial charge in [-0.3, -0.25) is 43.2 Å². The third kappa shape index (κ3) is 20.0. The number of hydrogen-bond acceptors (Lipinski definition) is 19. The molecule has 12 bridgehead atoms. The molecule has 113 heavy (non-hydrogen) atoms. The van der Waals surface area contributed by atoms with Crippen LogP contribution in [0.3, 0.4) is 0 Å². The van der Waals surface area contributed by atoms with Crippen LogP contribution >= 0.6 is 0 Å². The smallest absolute Gasteiger partial charge is 0.326 e. The number of carbonyl (C=O) groups is 10. The topological polar surface area (TPSA) is 403 Å². The third-order valence-electron chi connectivity index (χ3n) is 21.1. The van der Waals surface area contributed by atoms with Crippen LogP contribution in [-0.2, 0) is 92.5 Å². The van der Waals surface area contributed by atoms with Crippen molar-refractivity contribution in [2.24, 2.45) is 16.6 Å². The van der Waals surface area contributed by atoms with Gasteiger partial charge in [-0.25, -0.2) is 14.2 Å². The second-order valence-electron chi connectivity index (χ2n) is 32.0. The molecule has 2 aromatic heterocycles. The molecule has 9 amide bonds. The number of aromatic nitrogens is 6. The highest BCUT2D eigenvalue weighted by Gasteiger charge is 2.53. The summed E-state index contributed by atoms with van der Waals surface area (Å²) < 4.78 is 15.3. The zero-order valence-corrected chi connectivity index (χ0v) is 65.7. The molecular weight excluding hydrogens is 1450 g/mol. The second kappa shape index (κ2) is 34.9. The van der Waals surface area contributed by atoms with E-state index in [4.69, 9.17) is 15.2 Å². The molecule has 0 aliphatic carbocycles. The van der Waals surface area contributed by atoms with E-state index in [-0.39, 0.29) is 70.5 Å². The Morgan fingerprint density at radius 3 is 1.51 bits per heavy atom. The number of benzene rings is 6. The van der Waals surface area contributed by atoms with Crippen molar-refractivity contribution in [3.05, 3.63) is 179 Å². The highest BCUT2D eigenvalue weighted by atomic mass is 16.5. The van der Waals surface area contributed by atoms with Gasteiger partial charge >= 0.3 is 5.97 Å². The maximum atomic E-state index is 15.5. The second-order valence-corrected chi connectivity index (χ2v) is 32.0. The van der Waals surface area contributed by atoms with Crippen LogP contribution in [0.1, 0.15) is 108 Å². The van der Waals surface area contributed by atoms with E-state index in [9.17, 15) is 29.1 Å². The number of amides is 9. The molecule has 6 aliphatic rings. The number of rotatable bonds is 14. The largest absolute Gasteiger partial charge is 0.487 e. The van der Waals surface area contributed by atoms with Gasteiger partial charge < -0.3 is 77.5 Å². The normalized spacial score (nSPS) is 22.0. The van der Waals surface area contributed by atoms with Crippen LogP contribution in [0.25, 0.3) is 21.5 Å². The molecule has 31 heteroatoms. The van der Waals surface area contributed by atoms with Gasteiger partial charge in [-0.15, -0.1) is 10.2 Å². The summed E-state index contributed by atoms with van der Waals surface area (Å²) in [5, 5.41) is 55.2. The molecule has 31 nitrogen and oxygen atoms in total. The summed E-state index contributed by atoms with van der Waals surface area (Å²) in [5.74, 6) is -6.29. The van der Waals surface area contributed by atoms with Crippen molar-refractivity contribution >= 4 is 80.7 Å². The van der Waals surface area contributed by atoms with Crippen LogP contribution in [0.5, 0.6) is 11.5 Å². The number of carboxylic acid groups (broad SMARTS) is 1. The lowest BCUT2D eigenvalue weighted by molar-refractivity contribution is -0.145. The summed E-state index contributed by atoms with van der Waals surface area (Å²) >= 11 is 0. The fraction of sp³-hybridized carbons (Fsp3) is 0.439. The lowest BCUT2D eigenvalue weighted by Gasteiger charge is -2.36. The van der Waals surface area contributed by atoms with Gasteiger partial charge in [0.2, 0.25) is 53.2 Å². The van der Waals surface area contributed by atoms with Gasteiger partial charge in [-0.1, -0.05) is 161 Å². The number of nitrogens with two attached hydrogens (primary N) is 1. The molecule has 14 rings (SSSR count). The highest BCUT2D eigenvalue weighted by molar-refractivity contribution is 5.99. The van der Waals surface area contributed by atoms with E-state index in [1.54, 1.807) is 138 Å². The predicted octanol–water partition coefficient (Wildman–Crippen LogP) is 3.36. The van der Waals surface area contributed by atoms with Crippen LogP contribution in [0.15, 0.2) is 146 Å². The predicted molar refractivity (Wildman–Crippen MR) is 420 cm³/mol. The Hall–Kier alpha value is -11.7. The average Bonchev–Trinajstić information content (AvgIpc) is 1.55. The number of nitrogens with one attached hydrogen (secondary N) is 8. The minimum Gasteiger partial charge on any atom is -0.487 e. The Labute approximate surface area is 655 Å². The first-order chi connectivity index (χ1) is 53.6. The molecule has 8 heterocycles. The van der Waals surface area contributed by atoms with E-state index < -0.39 is 142 Å². The molecule has 0 unspecified atom stereocenters. The Bertz CT molecular complexity index is 4820. The van der Waals surface area contributed by atoms with Crippen LogP contribution < -0.4 is 57.7 Å². The highest BCUT2D eigenvalue weighted by Crippen LogP contribution is 2.35. The number of carbonyl (C=O) groups excluding carboxylic acids is 9. The first-order valence-corrected chi connectivity index (χ1v) is 37.9. The molecule has 598 valence electrons. The SMILES string of the molecule is CN[C@@H](C)C(=O)N[C@H](C(=O)N1C[C@@H]2C[C@H]1C(=O)N[C@@H](Cc1ccc3ccccc3c1)C(=O)N[C@H](C(=O)O)Cc1ccc(cc1)OCc1cn(nn1)[C@@]1(N)C[C@@H](C(=O)N[C@@H](Cc3ccc4ccccc4c3)C(=O)N[C@H](C(=O)N(C)C)Cc3ccc(cc3)OCc3cn2nn3)N(C(=O)[C@@H](NC(=O)[C@H](C)NC)C(C)(C)C)C1)C(C)(C)C. The van der Waals surface area contributed by atoms with E-state index in [1.165, 1.54) is 30.3 Å². The molecule has 2 saturated heterocycles. The number of hydrogen-bond donors (Lipinski definition) is 10. The molecule has 12 atom stereocenters. The fourth-order valence-corrected chi connectivity index (χ4v) is 14.3. The molecule has 8 aromatic rings. The van der Waals surface area contributed by atoms with Crippen LogP contribution in [-0.4, -0.2) is 211 Å². The van der Waals surface area contributed by atoms with E-state index in [0.29, 0.717) is 39.4 Å². The van der Waals surface area contributed by atoms with Crippen molar-refractivity contribution in [3.63, 3.8) is 0 Å². The third-order valence-corrected chi connectivity index (χ3v) is 21.1. The van der Waals surface area contributed by atoms with Crippen LogP contribution in [0, 0.1) is 10.8 Å². The summed E-state index contributed by atoms with van der Waals surface area (Å²) in [6, 6.07) is 27.2. The number of likely N-dealkylation sites (tertiary alicyclic amines) is 2. The summed E-state index contributed by atoms with van der Waals surface area (Å²) in [5.41, 5.74) is 6.91. The van der Waals surface area contributed by atoms with Crippen molar-refractivity contribution in [2.75, 3.05) is 41.3 Å². The molecule has 6 aliphatic heterocycles. The Morgan fingerprint density at radius 2 is 1.04 bits per heavy atom. The maximum absolute atomic E-state index is 15.5. The molecule has 0 saturated carbocycles. The number of carboxylic acids is 1. The maximum Gasteiger partial charge on any atom is 0.326 e. The summed E-state index contributed by atoms with van der Waals surface area (Å²) in [7, 11) is 6.34. The summed E-state index contributed by atoms with van der Waals surface area (Å²) in [6.45, 7) is 13.3. The number of ether oxygens (including phenoxy) is 2. The van der Waals surface area contributed by atoms with E-state index >= 15 is 24.0 Å².